The second-order valence-corrected chi connectivity index (χ2v) is 13.2. The number of nitrogens with two attached hydrogens (primary N) is 1. The van der Waals surface area contributed by atoms with Crippen LogP contribution in [0.4, 0.5) is 5.95 Å². The van der Waals surface area contributed by atoms with Crippen LogP contribution in [0.1, 0.15) is 31.7 Å². The largest absolute Gasteiger partial charge is 0.479 e. The maximum absolute atomic E-state index is 12.6. The Hall–Kier alpha value is -3.04. The lowest BCUT2D eigenvalue weighted by atomic mass is 9.96. The molecule has 0 saturated carbocycles. The van der Waals surface area contributed by atoms with Crippen molar-refractivity contribution in [3.63, 3.8) is 0 Å². The summed E-state index contributed by atoms with van der Waals surface area (Å²) in [5.41, 5.74) is 5.38. The number of methoxy groups -OCH3 is 1. The molecule has 6 N–H and O–H groups in total. The average Bonchev–Trinajstić information content (AvgIpc) is 3.57. The summed E-state index contributed by atoms with van der Waals surface area (Å²) in [5, 5.41) is 26.1. The molecule has 1 saturated heterocycles. The van der Waals surface area contributed by atoms with E-state index in [0.717, 1.165) is 16.9 Å². The molecule has 39 heavy (non-hydrogen) atoms. The third-order valence-corrected chi connectivity index (χ3v) is 9.78. The summed E-state index contributed by atoms with van der Waals surface area (Å²) in [7, 11) is -1.97. The van der Waals surface area contributed by atoms with E-state index >= 15 is 0 Å². The van der Waals surface area contributed by atoms with Crippen molar-refractivity contribution in [1.29, 1.82) is 0 Å². The number of carbonyl (C=O) groups is 1. The van der Waals surface area contributed by atoms with E-state index in [0.29, 0.717) is 5.52 Å². The number of ether oxygens (including phenoxy) is 3. The molecular weight excluding hydrogens is 551 g/mol. The van der Waals surface area contributed by atoms with E-state index < -0.39 is 43.2 Å². The standard InChI is InChI=1S/C23H28N6O8PS/c1-12(13-7-5-4-6-8-13)36-20(31)14-10-39-38(33,28-14)35-9-15-17(30)23(2,32)21(37-15)29-11-25-16-18(29)26-22(24)27-19(16)34-3/h4-8,10-12,15,17,21,28,30,32-33H,9H2,1-3H3,(H2,24,26,27)/q+1/t12?,15?,17-,21-,23-,38?/m1/s1. The molecule has 3 unspecified atom stereocenters. The maximum Gasteiger partial charge on any atom is 0.440 e. The molecule has 5 rings (SSSR count). The third-order valence-electron chi connectivity index (χ3n) is 6.37. The minimum absolute atomic E-state index is 0.0486. The van der Waals surface area contributed by atoms with Crippen LogP contribution in [-0.2, 0) is 18.8 Å². The van der Waals surface area contributed by atoms with Crippen LogP contribution in [0.15, 0.2) is 47.8 Å². The Balaban J connectivity index is 1.23. The molecule has 1 aromatic carbocycles. The van der Waals surface area contributed by atoms with Crippen molar-refractivity contribution in [2.75, 3.05) is 19.5 Å². The zero-order valence-electron chi connectivity index (χ0n) is 21.2. The maximum atomic E-state index is 12.6. The van der Waals surface area contributed by atoms with E-state index in [-0.39, 0.29) is 29.8 Å². The van der Waals surface area contributed by atoms with Gasteiger partial charge in [-0.05, 0) is 19.4 Å². The van der Waals surface area contributed by atoms with Crippen LogP contribution in [0.5, 0.6) is 5.88 Å². The lowest BCUT2D eigenvalue weighted by Crippen LogP contribution is -2.44. The number of aliphatic hydroxyl groups is 2. The monoisotopic (exact) mass is 579 g/mol. The molecule has 0 radical (unpaired) electrons. The third kappa shape index (κ3) is 5.26. The van der Waals surface area contributed by atoms with Gasteiger partial charge in [0.15, 0.2) is 23.1 Å². The second kappa shape index (κ2) is 10.5. The van der Waals surface area contributed by atoms with Crippen molar-refractivity contribution >= 4 is 41.5 Å². The quantitative estimate of drug-likeness (QED) is 0.191. The molecule has 1 fully saturated rings. The van der Waals surface area contributed by atoms with E-state index in [1.807, 2.05) is 30.3 Å². The number of rotatable bonds is 8. The van der Waals surface area contributed by atoms with Crippen molar-refractivity contribution < 1.29 is 38.6 Å². The molecule has 208 valence electrons. The molecule has 3 aromatic rings. The first-order chi connectivity index (χ1) is 18.5. The molecule has 0 amide bonds. The Morgan fingerprint density at radius 3 is 2.82 bits per heavy atom. The average molecular weight is 580 g/mol. The first kappa shape index (κ1) is 27.5. The molecule has 0 aliphatic carbocycles. The summed E-state index contributed by atoms with van der Waals surface area (Å²) in [5.74, 6) is -0.580. The van der Waals surface area contributed by atoms with E-state index in [2.05, 4.69) is 20.0 Å². The van der Waals surface area contributed by atoms with Crippen molar-refractivity contribution in [3.8, 4) is 5.88 Å². The van der Waals surface area contributed by atoms with Gasteiger partial charge in [0, 0.05) is 0 Å². The Bertz CT molecular complexity index is 1410. The van der Waals surface area contributed by atoms with Gasteiger partial charge in [0.1, 0.15) is 41.9 Å². The molecular formula is C23H28N6O8PS+. The second-order valence-electron chi connectivity index (χ2n) is 9.14. The fraction of sp³-hybridized carbons (Fsp3) is 0.391. The highest BCUT2D eigenvalue weighted by atomic mass is 32.7. The number of benzene rings is 1. The van der Waals surface area contributed by atoms with Crippen LogP contribution in [0.3, 0.4) is 0 Å². The van der Waals surface area contributed by atoms with Gasteiger partial charge in [-0.2, -0.15) is 24.5 Å². The van der Waals surface area contributed by atoms with Crippen LogP contribution in [0, 0.1) is 0 Å². The smallest absolute Gasteiger partial charge is 0.440 e. The van der Waals surface area contributed by atoms with Crippen molar-refractivity contribution in [2.24, 2.45) is 0 Å². The van der Waals surface area contributed by atoms with E-state index in [1.54, 1.807) is 6.92 Å². The van der Waals surface area contributed by atoms with Crippen LogP contribution >= 0.6 is 18.5 Å². The highest BCUT2D eigenvalue weighted by molar-refractivity contribution is 8.60. The van der Waals surface area contributed by atoms with Crippen molar-refractivity contribution in [3.05, 3.63) is 53.3 Å². The van der Waals surface area contributed by atoms with E-state index in [9.17, 15) is 19.9 Å². The first-order valence-corrected chi connectivity index (χ1v) is 15.0. The predicted octanol–water partition coefficient (Wildman–Crippen LogP) is 1.60. The zero-order valence-corrected chi connectivity index (χ0v) is 22.9. The number of carbonyl (C=O) groups excluding carboxylic acids is 1. The number of nitrogens with one attached hydrogen (secondary N) is 1. The van der Waals surface area contributed by atoms with Crippen LogP contribution in [0.2, 0.25) is 0 Å². The summed E-state index contributed by atoms with van der Waals surface area (Å²) >= 11 is 0.905. The van der Waals surface area contributed by atoms with Gasteiger partial charge in [0.25, 0.3) is 0 Å². The number of anilines is 1. The number of nitrogens with zero attached hydrogens (tertiary/aromatic N) is 4. The number of aliphatic hydroxyl groups excluding tert-OH is 1. The number of hydrogen-bond acceptors (Lipinski definition) is 14. The summed E-state index contributed by atoms with van der Waals surface area (Å²) in [6.07, 6.45) is -2.73. The normalized spacial score (nSPS) is 29.2. The van der Waals surface area contributed by atoms with Crippen LogP contribution in [0.25, 0.3) is 11.2 Å². The fourth-order valence-corrected chi connectivity index (χ4v) is 7.32. The molecule has 0 bridgehead atoms. The molecule has 4 heterocycles. The number of aromatic nitrogens is 4. The summed E-state index contributed by atoms with van der Waals surface area (Å²) in [6, 6.07) is 9.24. The highest BCUT2D eigenvalue weighted by Gasteiger charge is 2.56. The lowest BCUT2D eigenvalue weighted by Gasteiger charge is -2.27. The lowest BCUT2D eigenvalue weighted by molar-refractivity contribution is -0.144. The number of nitrogen functional groups attached to an aromatic ring is 1. The van der Waals surface area contributed by atoms with E-state index in [4.69, 9.17) is 24.5 Å². The molecule has 16 heteroatoms. The Morgan fingerprint density at radius 1 is 1.36 bits per heavy atom. The van der Waals surface area contributed by atoms with Gasteiger partial charge in [0.05, 0.1) is 18.8 Å². The first-order valence-electron chi connectivity index (χ1n) is 11.8. The molecule has 6 atom stereocenters. The van der Waals surface area contributed by atoms with Crippen molar-refractivity contribution in [1.82, 2.24) is 24.6 Å². The summed E-state index contributed by atoms with van der Waals surface area (Å²) in [6.45, 7) is 2.84. The van der Waals surface area contributed by atoms with Gasteiger partial charge in [-0.3, -0.25) is 4.57 Å². The van der Waals surface area contributed by atoms with Gasteiger partial charge in [0.2, 0.25) is 11.8 Å². The molecule has 2 aromatic heterocycles. The number of fused-ring (bicyclic) bond motifs is 1. The predicted molar refractivity (Wildman–Crippen MR) is 142 cm³/mol. The number of hydrogen-bond donors (Lipinski definition) is 5. The number of esters is 1. The summed E-state index contributed by atoms with van der Waals surface area (Å²) < 4.78 is 23.7. The van der Waals surface area contributed by atoms with Crippen molar-refractivity contribution in [2.45, 2.75) is 44.0 Å². The Kier molecular flexibility index (Phi) is 7.41. The van der Waals surface area contributed by atoms with Crippen LogP contribution in [-0.4, -0.2) is 72.1 Å². The van der Waals surface area contributed by atoms with Gasteiger partial charge in [-0.15, -0.1) is 0 Å². The minimum Gasteiger partial charge on any atom is -0.479 e. The highest BCUT2D eigenvalue weighted by Crippen LogP contribution is 2.68. The zero-order chi connectivity index (χ0) is 27.9. The molecule has 0 spiro atoms. The fourth-order valence-electron chi connectivity index (χ4n) is 4.27. The van der Waals surface area contributed by atoms with Gasteiger partial charge < -0.3 is 30.2 Å². The number of imidazole rings is 1. The van der Waals surface area contributed by atoms with Gasteiger partial charge in [-0.25, -0.2) is 9.78 Å². The van der Waals surface area contributed by atoms with E-state index in [1.165, 1.54) is 30.3 Å². The topological polar surface area (TPSA) is 196 Å². The minimum atomic E-state index is -3.37. The van der Waals surface area contributed by atoms with Gasteiger partial charge in [-0.1, -0.05) is 30.3 Å². The molecule has 14 nitrogen and oxygen atoms in total. The Morgan fingerprint density at radius 2 is 2.10 bits per heavy atom. The van der Waals surface area contributed by atoms with Gasteiger partial charge >= 0.3 is 13.0 Å². The molecule has 2 aliphatic heterocycles. The molecule has 2 aliphatic rings. The summed E-state index contributed by atoms with van der Waals surface area (Å²) in [4.78, 5) is 35.9. The SMILES string of the molecule is COc1nc(N)nc2c1ncn2[C@@H]1OC(CO[P+]2(O)NC(C(=O)OC(C)c3ccccc3)=CS2)[C@@H](O)[C@@]1(C)O. The Labute approximate surface area is 227 Å². The van der Waals surface area contributed by atoms with Crippen LogP contribution < -0.4 is 15.6 Å².